The van der Waals surface area contributed by atoms with Gasteiger partial charge in [0.1, 0.15) is 6.10 Å². The van der Waals surface area contributed by atoms with Gasteiger partial charge in [-0.3, -0.25) is 4.79 Å². The molecule has 98 valence electrons. The Morgan fingerprint density at radius 1 is 1.50 bits per heavy atom. The number of fused-ring (bicyclic) bond motifs is 1. The standard InChI is InChI=1S/C14H19NO3/c1-10(18-2)14(17)15-9-5-8-13(16)11-6-3-4-7-12(11)15/h3-4,6-7,10,13,16H,5,8-9H2,1-2H3. The van der Waals surface area contributed by atoms with Crippen molar-refractivity contribution >= 4 is 11.6 Å². The number of para-hydroxylation sites is 1. The molecule has 1 aromatic rings. The first-order valence-corrected chi connectivity index (χ1v) is 6.26. The molecule has 1 aliphatic heterocycles. The van der Waals surface area contributed by atoms with Crippen LogP contribution in [0.4, 0.5) is 5.69 Å². The second-order valence-corrected chi connectivity index (χ2v) is 4.58. The molecule has 1 aromatic carbocycles. The zero-order valence-electron chi connectivity index (χ0n) is 10.8. The van der Waals surface area contributed by atoms with E-state index in [1.165, 1.54) is 7.11 Å². The smallest absolute Gasteiger partial charge is 0.255 e. The van der Waals surface area contributed by atoms with Crippen LogP contribution in [0.25, 0.3) is 0 Å². The van der Waals surface area contributed by atoms with Crippen LogP contribution < -0.4 is 4.90 Å². The number of benzene rings is 1. The van der Waals surface area contributed by atoms with E-state index >= 15 is 0 Å². The minimum atomic E-state index is -0.489. The number of hydrogen-bond acceptors (Lipinski definition) is 3. The van der Waals surface area contributed by atoms with Crippen molar-refractivity contribution in [2.75, 3.05) is 18.6 Å². The third-order valence-electron chi connectivity index (χ3n) is 3.41. The minimum Gasteiger partial charge on any atom is -0.388 e. The van der Waals surface area contributed by atoms with Gasteiger partial charge in [-0.1, -0.05) is 18.2 Å². The van der Waals surface area contributed by atoms with Crippen LogP contribution in [-0.4, -0.2) is 30.8 Å². The van der Waals surface area contributed by atoms with Gasteiger partial charge in [-0.05, 0) is 25.8 Å². The van der Waals surface area contributed by atoms with Crippen molar-refractivity contribution in [3.05, 3.63) is 29.8 Å². The molecule has 0 saturated carbocycles. The molecular weight excluding hydrogens is 230 g/mol. The van der Waals surface area contributed by atoms with E-state index in [2.05, 4.69) is 0 Å². The average molecular weight is 249 g/mol. The van der Waals surface area contributed by atoms with E-state index in [4.69, 9.17) is 4.74 Å². The van der Waals surface area contributed by atoms with Gasteiger partial charge in [0.2, 0.25) is 0 Å². The molecule has 4 heteroatoms. The summed E-state index contributed by atoms with van der Waals surface area (Å²) in [6.45, 7) is 2.37. The van der Waals surface area contributed by atoms with Crippen molar-refractivity contribution in [2.24, 2.45) is 0 Å². The molecule has 0 radical (unpaired) electrons. The van der Waals surface area contributed by atoms with E-state index in [9.17, 15) is 9.90 Å². The number of carbonyl (C=O) groups excluding carboxylic acids is 1. The topological polar surface area (TPSA) is 49.8 Å². The van der Waals surface area contributed by atoms with Gasteiger partial charge in [0.25, 0.3) is 5.91 Å². The molecule has 0 aromatic heterocycles. The van der Waals surface area contributed by atoms with Gasteiger partial charge in [0, 0.05) is 24.9 Å². The summed E-state index contributed by atoms with van der Waals surface area (Å²) in [5.41, 5.74) is 1.63. The van der Waals surface area contributed by atoms with Crippen molar-refractivity contribution in [3.8, 4) is 0 Å². The first-order valence-electron chi connectivity index (χ1n) is 6.26. The predicted molar refractivity (Wildman–Crippen MR) is 69.5 cm³/mol. The Morgan fingerprint density at radius 3 is 2.94 bits per heavy atom. The first kappa shape index (κ1) is 13.1. The van der Waals surface area contributed by atoms with E-state index < -0.39 is 12.2 Å². The van der Waals surface area contributed by atoms with E-state index in [-0.39, 0.29) is 5.91 Å². The maximum absolute atomic E-state index is 12.3. The molecule has 0 fully saturated rings. The fourth-order valence-corrected chi connectivity index (χ4v) is 2.28. The van der Waals surface area contributed by atoms with Crippen LogP contribution in [0.5, 0.6) is 0 Å². The number of rotatable bonds is 2. The Balaban J connectivity index is 2.37. The van der Waals surface area contributed by atoms with Gasteiger partial charge in [0.15, 0.2) is 0 Å². The van der Waals surface area contributed by atoms with Crippen molar-refractivity contribution in [3.63, 3.8) is 0 Å². The molecule has 1 aliphatic rings. The summed E-state index contributed by atoms with van der Waals surface area (Å²) >= 11 is 0. The highest BCUT2D eigenvalue weighted by molar-refractivity contribution is 5.97. The van der Waals surface area contributed by atoms with Crippen LogP contribution in [0.1, 0.15) is 31.4 Å². The number of aliphatic hydroxyl groups excluding tert-OH is 1. The van der Waals surface area contributed by atoms with Gasteiger partial charge in [0.05, 0.1) is 6.10 Å². The lowest BCUT2D eigenvalue weighted by molar-refractivity contribution is -0.127. The summed E-state index contributed by atoms with van der Waals surface area (Å²) in [5.74, 6) is -0.0564. The Hall–Kier alpha value is -1.39. The number of aliphatic hydroxyl groups is 1. The Morgan fingerprint density at radius 2 is 2.22 bits per heavy atom. The number of amides is 1. The predicted octanol–water partition coefficient (Wildman–Crippen LogP) is 1.88. The third-order valence-corrected chi connectivity index (χ3v) is 3.41. The SMILES string of the molecule is COC(C)C(=O)N1CCCC(O)c2ccccc21. The number of anilines is 1. The fourth-order valence-electron chi connectivity index (χ4n) is 2.28. The Kier molecular flexibility index (Phi) is 3.99. The molecule has 2 atom stereocenters. The number of carbonyl (C=O) groups is 1. The summed E-state index contributed by atoms with van der Waals surface area (Å²) < 4.78 is 5.09. The van der Waals surface area contributed by atoms with Crippen LogP contribution in [0.3, 0.4) is 0 Å². The van der Waals surface area contributed by atoms with Gasteiger partial charge in [-0.25, -0.2) is 0 Å². The molecule has 2 unspecified atom stereocenters. The summed E-state index contributed by atoms with van der Waals surface area (Å²) in [6, 6.07) is 7.53. The highest BCUT2D eigenvalue weighted by Gasteiger charge is 2.27. The Bertz CT molecular complexity index is 433. The third kappa shape index (κ3) is 2.40. The monoisotopic (exact) mass is 249 g/mol. The molecule has 0 aliphatic carbocycles. The molecule has 4 nitrogen and oxygen atoms in total. The Labute approximate surface area is 107 Å². The van der Waals surface area contributed by atoms with Crippen LogP contribution in [0.15, 0.2) is 24.3 Å². The van der Waals surface area contributed by atoms with Crippen molar-refractivity contribution in [1.82, 2.24) is 0 Å². The second kappa shape index (κ2) is 5.50. The first-order chi connectivity index (χ1) is 8.65. The summed E-state index contributed by atoms with van der Waals surface area (Å²) in [6.07, 6.45) is 0.519. The van der Waals surface area contributed by atoms with Crippen LogP contribution in [0, 0.1) is 0 Å². The lowest BCUT2D eigenvalue weighted by atomic mass is 10.0. The molecule has 0 saturated heterocycles. The van der Waals surface area contributed by atoms with Gasteiger partial charge in [-0.2, -0.15) is 0 Å². The van der Waals surface area contributed by atoms with Crippen molar-refractivity contribution < 1.29 is 14.6 Å². The van der Waals surface area contributed by atoms with E-state index in [0.29, 0.717) is 13.0 Å². The largest absolute Gasteiger partial charge is 0.388 e. The second-order valence-electron chi connectivity index (χ2n) is 4.58. The maximum Gasteiger partial charge on any atom is 0.255 e. The average Bonchev–Trinajstić information content (AvgIpc) is 2.57. The zero-order chi connectivity index (χ0) is 13.1. The minimum absolute atomic E-state index is 0.0564. The lowest BCUT2D eigenvalue weighted by Gasteiger charge is -2.25. The number of nitrogens with zero attached hydrogens (tertiary/aromatic N) is 1. The highest BCUT2D eigenvalue weighted by Crippen LogP contribution is 2.32. The molecule has 1 amide bonds. The van der Waals surface area contributed by atoms with Gasteiger partial charge >= 0.3 is 0 Å². The number of ether oxygens (including phenoxy) is 1. The maximum atomic E-state index is 12.3. The van der Waals surface area contributed by atoms with Crippen LogP contribution in [-0.2, 0) is 9.53 Å². The fraction of sp³-hybridized carbons (Fsp3) is 0.500. The normalized spacial score (nSPS) is 21.1. The van der Waals surface area contributed by atoms with Crippen molar-refractivity contribution in [1.29, 1.82) is 0 Å². The quantitative estimate of drug-likeness (QED) is 0.870. The molecule has 1 N–H and O–H groups in total. The van der Waals surface area contributed by atoms with Gasteiger partial charge < -0.3 is 14.7 Å². The number of methoxy groups -OCH3 is 1. The summed E-state index contributed by atoms with van der Waals surface area (Å²) in [7, 11) is 1.53. The molecule has 2 rings (SSSR count). The van der Waals surface area contributed by atoms with E-state index in [0.717, 1.165) is 17.7 Å². The van der Waals surface area contributed by atoms with E-state index in [1.54, 1.807) is 11.8 Å². The van der Waals surface area contributed by atoms with Gasteiger partial charge in [-0.15, -0.1) is 0 Å². The molecule has 0 bridgehead atoms. The number of hydrogen-bond donors (Lipinski definition) is 1. The van der Waals surface area contributed by atoms with E-state index in [1.807, 2.05) is 24.3 Å². The summed E-state index contributed by atoms with van der Waals surface area (Å²) in [5, 5.41) is 10.1. The molecular formula is C14H19NO3. The van der Waals surface area contributed by atoms with Crippen molar-refractivity contribution in [2.45, 2.75) is 32.0 Å². The molecule has 0 spiro atoms. The zero-order valence-corrected chi connectivity index (χ0v) is 10.8. The molecule has 18 heavy (non-hydrogen) atoms. The lowest BCUT2D eigenvalue weighted by Crippen LogP contribution is -2.39. The molecule has 1 heterocycles. The highest BCUT2D eigenvalue weighted by atomic mass is 16.5. The van der Waals surface area contributed by atoms with Crippen LogP contribution >= 0.6 is 0 Å². The van der Waals surface area contributed by atoms with Crippen LogP contribution in [0.2, 0.25) is 0 Å². The summed E-state index contributed by atoms with van der Waals surface area (Å²) in [4.78, 5) is 14.0.